The molecule has 0 aliphatic heterocycles. The number of anilines is 1. The third-order valence-electron chi connectivity index (χ3n) is 4.48. The van der Waals surface area contributed by atoms with Crippen molar-refractivity contribution in [1.29, 1.82) is 0 Å². The molecule has 176 valence electrons. The molecule has 0 saturated carbocycles. The van der Waals surface area contributed by atoms with Crippen LogP contribution < -0.4 is 31.1 Å². The molecule has 0 aliphatic carbocycles. The van der Waals surface area contributed by atoms with Crippen LogP contribution in [-0.2, 0) is 6.42 Å². The molecule has 0 bridgehead atoms. The summed E-state index contributed by atoms with van der Waals surface area (Å²) in [6.45, 7) is 1.88. The highest BCUT2D eigenvalue weighted by atomic mass is 19.4. The van der Waals surface area contributed by atoms with Crippen LogP contribution in [0.3, 0.4) is 0 Å². The van der Waals surface area contributed by atoms with E-state index in [9.17, 15) is 13.2 Å². The second-order valence-electron chi connectivity index (χ2n) is 6.98. The van der Waals surface area contributed by atoms with Gasteiger partial charge in [0.25, 0.3) is 11.7 Å². The van der Waals surface area contributed by atoms with E-state index in [0.717, 1.165) is 12.1 Å². The summed E-state index contributed by atoms with van der Waals surface area (Å²) >= 11 is 0. The second kappa shape index (κ2) is 8.77. The summed E-state index contributed by atoms with van der Waals surface area (Å²) in [4.78, 5) is 15.9. The van der Waals surface area contributed by atoms with Crippen molar-refractivity contribution in [2.24, 2.45) is 5.73 Å². The number of nitrogens with zero attached hydrogens (tertiary/aromatic N) is 3. The van der Waals surface area contributed by atoms with Crippen LogP contribution in [0.25, 0.3) is 11.2 Å². The van der Waals surface area contributed by atoms with Crippen LogP contribution in [-0.4, -0.2) is 32.1 Å². The Morgan fingerprint density at radius 3 is 2.53 bits per heavy atom. The van der Waals surface area contributed by atoms with Crippen molar-refractivity contribution in [2.45, 2.75) is 19.7 Å². The zero-order valence-electron chi connectivity index (χ0n) is 17.7. The molecule has 0 amide bonds. The molecule has 2 heterocycles. The van der Waals surface area contributed by atoms with Crippen molar-refractivity contribution < 1.29 is 32.8 Å². The maximum absolute atomic E-state index is 12.6. The summed E-state index contributed by atoms with van der Waals surface area (Å²) < 4.78 is 53.2. The lowest BCUT2D eigenvalue weighted by atomic mass is 10.2. The molecule has 0 radical (unpaired) electrons. The van der Waals surface area contributed by atoms with Crippen molar-refractivity contribution in [2.75, 3.05) is 5.73 Å². The standard InChI is InChI=1S/C21H18F3N7O3/c1-2-15-28-16-18(29-15)30-20(33-14-8-10(17(26)27)6-7-13(14)25)31-19(16)32-11-4-3-5-12(9-11)34-21(22,23)24/h3-9H,2,25H2,1H3,(H3,26,27)(H,28,29,30,31)/p+1. The van der Waals surface area contributed by atoms with E-state index in [1.165, 1.54) is 18.2 Å². The quantitative estimate of drug-likeness (QED) is 0.181. The summed E-state index contributed by atoms with van der Waals surface area (Å²) in [5.74, 6) is 0.385. The van der Waals surface area contributed by atoms with E-state index in [2.05, 4.69) is 24.7 Å². The van der Waals surface area contributed by atoms with Gasteiger partial charge in [0.1, 0.15) is 22.8 Å². The lowest BCUT2D eigenvalue weighted by molar-refractivity contribution is -0.274. The topological polar surface area (TPSA) is 160 Å². The molecule has 2 aromatic heterocycles. The number of aromatic amines is 1. The molecule has 4 aromatic rings. The molecular formula is C21H19F3N7O3+. The van der Waals surface area contributed by atoms with Crippen molar-refractivity contribution in [3.05, 3.63) is 53.9 Å². The highest BCUT2D eigenvalue weighted by Gasteiger charge is 2.31. The van der Waals surface area contributed by atoms with Gasteiger partial charge < -0.3 is 24.9 Å². The number of aromatic nitrogens is 4. The molecule has 34 heavy (non-hydrogen) atoms. The first-order valence-corrected chi connectivity index (χ1v) is 9.87. The first kappa shape index (κ1) is 22.6. The van der Waals surface area contributed by atoms with E-state index in [4.69, 9.17) is 26.4 Å². The Balaban J connectivity index is 1.73. The van der Waals surface area contributed by atoms with Gasteiger partial charge in [-0.15, -0.1) is 13.2 Å². The fraction of sp³-hybridized carbons (Fsp3) is 0.143. The predicted molar refractivity (Wildman–Crippen MR) is 115 cm³/mol. The number of nitrogens with two attached hydrogens (primary N) is 3. The second-order valence-corrected chi connectivity index (χ2v) is 6.98. The van der Waals surface area contributed by atoms with E-state index in [0.29, 0.717) is 23.3 Å². The SMILES string of the molecule is CCc1nc2nc(Oc3cc(C(N)=[NH2+])ccc3N)nc(Oc3cccc(OC(F)(F)F)c3)c2[nH]1. The van der Waals surface area contributed by atoms with Gasteiger partial charge >= 0.3 is 12.4 Å². The van der Waals surface area contributed by atoms with E-state index in [1.54, 1.807) is 12.1 Å². The van der Waals surface area contributed by atoms with E-state index in [-0.39, 0.29) is 40.6 Å². The zero-order valence-corrected chi connectivity index (χ0v) is 17.7. The van der Waals surface area contributed by atoms with Crippen molar-refractivity contribution in [3.63, 3.8) is 0 Å². The van der Waals surface area contributed by atoms with Gasteiger partial charge in [0.15, 0.2) is 11.4 Å². The Hall–Kier alpha value is -4.55. The lowest BCUT2D eigenvalue weighted by Crippen LogP contribution is -2.46. The minimum Gasteiger partial charge on any atom is -0.437 e. The third-order valence-corrected chi connectivity index (χ3v) is 4.48. The Labute approximate surface area is 190 Å². The van der Waals surface area contributed by atoms with Gasteiger partial charge in [0.05, 0.1) is 11.3 Å². The van der Waals surface area contributed by atoms with Crippen LogP contribution in [0.5, 0.6) is 29.1 Å². The average Bonchev–Trinajstić information content (AvgIpc) is 3.18. The van der Waals surface area contributed by atoms with Crippen molar-refractivity contribution in [1.82, 2.24) is 19.9 Å². The Bertz CT molecular complexity index is 1370. The summed E-state index contributed by atoms with van der Waals surface area (Å²) in [7, 11) is 0. The number of halogens is 3. The van der Waals surface area contributed by atoms with Gasteiger partial charge in [-0.25, -0.2) is 4.98 Å². The van der Waals surface area contributed by atoms with Gasteiger partial charge in [0, 0.05) is 12.5 Å². The number of hydrogen-bond acceptors (Lipinski definition) is 7. The molecule has 4 rings (SSSR count). The molecule has 0 saturated heterocycles. The molecule has 0 unspecified atom stereocenters. The van der Waals surface area contributed by atoms with Crippen molar-refractivity contribution in [3.8, 4) is 29.1 Å². The van der Waals surface area contributed by atoms with Gasteiger partial charge in [-0.1, -0.05) is 13.0 Å². The highest BCUT2D eigenvalue weighted by Crippen LogP contribution is 2.33. The van der Waals surface area contributed by atoms with Crippen LogP contribution in [0.4, 0.5) is 18.9 Å². The molecule has 2 aromatic carbocycles. The van der Waals surface area contributed by atoms with Crippen LogP contribution in [0.2, 0.25) is 0 Å². The highest BCUT2D eigenvalue weighted by molar-refractivity contribution is 5.93. The number of fused-ring (bicyclic) bond motifs is 1. The number of nitrogens with one attached hydrogen (secondary N) is 1. The average molecular weight is 474 g/mol. The van der Waals surface area contributed by atoms with Gasteiger partial charge in [-0.3, -0.25) is 11.1 Å². The van der Waals surface area contributed by atoms with Crippen LogP contribution in [0, 0.1) is 0 Å². The molecule has 7 N–H and O–H groups in total. The van der Waals surface area contributed by atoms with Crippen LogP contribution in [0.15, 0.2) is 42.5 Å². The fourth-order valence-corrected chi connectivity index (χ4v) is 2.93. The van der Waals surface area contributed by atoms with Crippen LogP contribution >= 0.6 is 0 Å². The van der Waals surface area contributed by atoms with Crippen molar-refractivity contribution >= 4 is 22.7 Å². The van der Waals surface area contributed by atoms with Gasteiger partial charge in [0.2, 0.25) is 0 Å². The first-order chi connectivity index (χ1) is 16.1. The van der Waals surface area contributed by atoms with Gasteiger partial charge in [-0.05, 0) is 30.3 Å². The molecule has 10 nitrogen and oxygen atoms in total. The van der Waals surface area contributed by atoms with E-state index in [1.807, 2.05) is 6.92 Å². The zero-order chi connectivity index (χ0) is 24.5. The summed E-state index contributed by atoms with van der Waals surface area (Å²) in [5.41, 5.74) is 12.9. The maximum Gasteiger partial charge on any atom is 0.573 e. The smallest absolute Gasteiger partial charge is 0.437 e. The number of nitrogen functional groups attached to an aromatic ring is 1. The summed E-state index contributed by atoms with van der Waals surface area (Å²) in [6.07, 6.45) is -4.29. The van der Waals surface area contributed by atoms with Gasteiger partial charge in [-0.2, -0.15) is 9.97 Å². The van der Waals surface area contributed by atoms with Crippen LogP contribution in [0.1, 0.15) is 18.3 Å². The molecule has 0 aliphatic rings. The summed E-state index contributed by atoms with van der Waals surface area (Å²) in [5, 5.41) is 5.63. The number of benzene rings is 2. The number of rotatable bonds is 7. The Morgan fingerprint density at radius 2 is 1.82 bits per heavy atom. The number of ether oxygens (including phenoxy) is 3. The maximum atomic E-state index is 12.6. The minimum absolute atomic E-state index is 0.0315. The number of amidine groups is 1. The summed E-state index contributed by atoms with van der Waals surface area (Å²) in [6, 6.07) is 9.51. The Morgan fingerprint density at radius 1 is 1.06 bits per heavy atom. The normalized spacial score (nSPS) is 11.4. The monoisotopic (exact) mass is 474 g/mol. The van der Waals surface area contributed by atoms with E-state index < -0.39 is 12.1 Å². The lowest BCUT2D eigenvalue weighted by Gasteiger charge is -2.12. The predicted octanol–water partition coefficient (Wildman–Crippen LogP) is 2.45. The Kier molecular flexibility index (Phi) is 5.84. The molecule has 13 heteroatoms. The number of imidazole rings is 1. The number of alkyl halides is 3. The fourth-order valence-electron chi connectivity index (χ4n) is 2.93. The van der Waals surface area contributed by atoms with E-state index >= 15 is 0 Å². The minimum atomic E-state index is -4.85. The molecule has 0 fully saturated rings. The molecule has 0 spiro atoms. The number of hydrogen-bond donors (Lipinski definition) is 4. The number of aryl methyl sites for hydroxylation is 1. The number of H-pyrrole nitrogens is 1. The molecular weight excluding hydrogens is 455 g/mol. The first-order valence-electron chi connectivity index (χ1n) is 9.87. The largest absolute Gasteiger partial charge is 0.573 e. The third kappa shape index (κ3) is 5.09. The molecule has 0 atom stereocenters.